The van der Waals surface area contributed by atoms with Crippen LogP contribution in [0, 0.1) is 0 Å². The predicted molar refractivity (Wildman–Crippen MR) is 86.0 cm³/mol. The van der Waals surface area contributed by atoms with Gasteiger partial charge in [-0.2, -0.15) is 5.10 Å². The molecule has 0 aliphatic carbocycles. The van der Waals surface area contributed by atoms with Gasteiger partial charge >= 0.3 is 0 Å². The molecule has 2 aromatic rings. The molecule has 0 saturated heterocycles. The third kappa shape index (κ3) is 4.40. The summed E-state index contributed by atoms with van der Waals surface area (Å²) >= 11 is 0. The maximum atomic E-state index is 12.0. The van der Waals surface area contributed by atoms with Crippen molar-refractivity contribution in [2.24, 2.45) is 0 Å². The van der Waals surface area contributed by atoms with Gasteiger partial charge < -0.3 is 5.32 Å². The smallest absolute Gasteiger partial charge is 0.240 e. The fourth-order valence-corrected chi connectivity index (χ4v) is 3.14. The fraction of sp³-hybridized carbons (Fsp3) is 0.400. The number of sulfonamides is 1. The summed E-state index contributed by atoms with van der Waals surface area (Å²) in [5.41, 5.74) is 0. The molecule has 0 saturated carbocycles. The molecule has 1 aromatic heterocycles. The molecule has 0 aliphatic heterocycles. The normalized spacial score (nSPS) is 14.6. The van der Waals surface area contributed by atoms with Crippen LogP contribution in [-0.4, -0.2) is 37.3 Å². The highest BCUT2D eigenvalue weighted by Crippen LogP contribution is 2.09. The third-order valence-electron chi connectivity index (χ3n) is 3.60. The lowest BCUT2D eigenvalue weighted by atomic mass is 10.2. The topological polar surface area (TPSA) is 76.0 Å². The van der Waals surface area contributed by atoms with Crippen LogP contribution < -0.4 is 10.0 Å². The molecule has 0 unspecified atom stereocenters. The third-order valence-corrected chi connectivity index (χ3v) is 5.08. The van der Waals surface area contributed by atoms with Crippen LogP contribution in [0.4, 0.5) is 0 Å². The van der Waals surface area contributed by atoms with E-state index in [1.807, 2.05) is 16.9 Å². The summed E-state index contributed by atoms with van der Waals surface area (Å²) < 4.78 is 28.6. The van der Waals surface area contributed by atoms with Crippen LogP contribution in [0.5, 0.6) is 0 Å². The van der Waals surface area contributed by atoms with Crippen molar-refractivity contribution in [3.63, 3.8) is 0 Å². The molecule has 2 atom stereocenters. The lowest BCUT2D eigenvalue weighted by molar-refractivity contribution is 0.368. The minimum atomic E-state index is -3.43. The van der Waals surface area contributed by atoms with Crippen molar-refractivity contribution >= 4 is 10.0 Å². The lowest BCUT2D eigenvalue weighted by Gasteiger charge is -2.21. The van der Waals surface area contributed by atoms with Crippen LogP contribution in [0.1, 0.15) is 19.9 Å². The van der Waals surface area contributed by atoms with E-state index < -0.39 is 10.0 Å². The Morgan fingerprint density at radius 2 is 1.86 bits per heavy atom. The molecule has 2 N–H and O–H groups in total. The molecule has 0 amide bonds. The Morgan fingerprint density at radius 1 is 1.14 bits per heavy atom. The molecule has 120 valence electrons. The summed E-state index contributed by atoms with van der Waals surface area (Å²) in [5.74, 6) is 0. The van der Waals surface area contributed by atoms with E-state index in [2.05, 4.69) is 29.0 Å². The Bertz CT molecular complexity index is 656. The molecule has 2 rings (SSSR count). The summed E-state index contributed by atoms with van der Waals surface area (Å²) in [7, 11) is -3.43. The Balaban J connectivity index is 1.77. The van der Waals surface area contributed by atoms with Gasteiger partial charge in [0.05, 0.1) is 10.9 Å². The van der Waals surface area contributed by atoms with Gasteiger partial charge in [0.25, 0.3) is 0 Å². The number of benzene rings is 1. The maximum Gasteiger partial charge on any atom is 0.240 e. The van der Waals surface area contributed by atoms with Crippen molar-refractivity contribution in [1.29, 1.82) is 0 Å². The highest BCUT2D eigenvalue weighted by atomic mass is 32.2. The molecule has 6 nitrogen and oxygen atoms in total. The number of nitrogens with zero attached hydrogens (tertiary/aromatic N) is 2. The van der Waals surface area contributed by atoms with Crippen LogP contribution >= 0.6 is 0 Å². The summed E-state index contributed by atoms with van der Waals surface area (Å²) in [5, 5.41) is 7.52. The van der Waals surface area contributed by atoms with E-state index in [1.165, 1.54) is 0 Å². The average Bonchev–Trinajstić information content (AvgIpc) is 3.06. The summed E-state index contributed by atoms with van der Waals surface area (Å²) in [6, 6.07) is 10.6. The van der Waals surface area contributed by atoms with Gasteiger partial charge in [0.1, 0.15) is 0 Å². The first-order chi connectivity index (χ1) is 10.5. The predicted octanol–water partition coefficient (Wildman–Crippen LogP) is 1.40. The van der Waals surface area contributed by atoms with Gasteiger partial charge in [0.2, 0.25) is 10.0 Å². The maximum absolute atomic E-state index is 12.0. The first-order valence-corrected chi connectivity index (χ1v) is 8.76. The zero-order valence-electron chi connectivity index (χ0n) is 12.8. The van der Waals surface area contributed by atoms with E-state index in [4.69, 9.17) is 0 Å². The van der Waals surface area contributed by atoms with Gasteiger partial charge in [0.15, 0.2) is 0 Å². The number of aromatic nitrogens is 2. The molecule has 7 heteroatoms. The quantitative estimate of drug-likeness (QED) is 0.720. The van der Waals surface area contributed by atoms with Crippen molar-refractivity contribution in [3.8, 4) is 0 Å². The van der Waals surface area contributed by atoms with Crippen molar-refractivity contribution in [3.05, 3.63) is 48.8 Å². The van der Waals surface area contributed by atoms with Crippen LogP contribution in [0.3, 0.4) is 0 Å². The van der Waals surface area contributed by atoms with Crippen LogP contribution in [-0.2, 0) is 10.0 Å². The minimum Gasteiger partial charge on any atom is -0.311 e. The van der Waals surface area contributed by atoms with Crippen LogP contribution in [0.25, 0.3) is 0 Å². The van der Waals surface area contributed by atoms with Crippen molar-refractivity contribution in [2.75, 3.05) is 13.1 Å². The van der Waals surface area contributed by atoms with Gasteiger partial charge in [-0.05, 0) is 32.0 Å². The Kier molecular flexibility index (Phi) is 5.70. The zero-order valence-corrected chi connectivity index (χ0v) is 13.6. The van der Waals surface area contributed by atoms with Gasteiger partial charge in [0, 0.05) is 31.5 Å². The Morgan fingerprint density at radius 3 is 2.50 bits per heavy atom. The second kappa shape index (κ2) is 7.53. The van der Waals surface area contributed by atoms with Crippen LogP contribution in [0.15, 0.2) is 53.7 Å². The molecule has 22 heavy (non-hydrogen) atoms. The number of hydrogen-bond donors (Lipinski definition) is 2. The summed E-state index contributed by atoms with van der Waals surface area (Å²) in [4.78, 5) is 0.285. The molecule has 1 aromatic carbocycles. The van der Waals surface area contributed by atoms with E-state index in [1.54, 1.807) is 36.5 Å². The SMILES string of the molecule is C[C@H]([C@@H](C)NCCNS(=O)(=O)c1ccccc1)n1cccn1. The van der Waals surface area contributed by atoms with E-state index >= 15 is 0 Å². The van der Waals surface area contributed by atoms with E-state index in [9.17, 15) is 8.42 Å². The lowest BCUT2D eigenvalue weighted by Crippen LogP contribution is -2.39. The molecule has 0 bridgehead atoms. The number of hydrogen-bond acceptors (Lipinski definition) is 4. The second-order valence-electron chi connectivity index (χ2n) is 5.18. The Labute approximate surface area is 131 Å². The number of rotatable bonds is 8. The molecule has 0 spiro atoms. The van der Waals surface area contributed by atoms with Crippen LogP contribution in [0.2, 0.25) is 0 Å². The zero-order chi connectivity index (χ0) is 16.0. The molecule has 0 radical (unpaired) electrons. The number of nitrogens with one attached hydrogen (secondary N) is 2. The molecule has 0 fully saturated rings. The standard InChI is InChI=1S/C15H22N4O2S/c1-13(14(2)19-12-6-9-17-19)16-10-11-18-22(20,21)15-7-4-3-5-8-15/h3-9,12-14,16,18H,10-11H2,1-2H3/t13-,14-/m1/s1. The van der Waals surface area contributed by atoms with E-state index in [-0.39, 0.29) is 17.0 Å². The van der Waals surface area contributed by atoms with Crippen molar-refractivity contribution in [1.82, 2.24) is 19.8 Å². The largest absolute Gasteiger partial charge is 0.311 e. The molecule has 1 heterocycles. The van der Waals surface area contributed by atoms with Crippen molar-refractivity contribution < 1.29 is 8.42 Å². The van der Waals surface area contributed by atoms with E-state index in [0.29, 0.717) is 13.1 Å². The summed E-state index contributed by atoms with van der Waals surface area (Å²) in [6.45, 7) is 5.02. The highest BCUT2D eigenvalue weighted by molar-refractivity contribution is 7.89. The second-order valence-corrected chi connectivity index (χ2v) is 6.95. The first-order valence-electron chi connectivity index (χ1n) is 7.28. The van der Waals surface area contributed by atoms with Gasteiger partial charge in [-0.25, -0.2) is 13.1 Å². The first kappa shape index (κ1) is 16.7. The average molecular weight is 322 g/mol. The summed E-state index contributed by atoms with van der Waals surface area (Å²) in [6.07, 6.45) is 3.66. The minimum absolute atomic E-state index is 0.182. The molecular weight excluding hydrogens is 300 g/mol. The molecular formula is C15H22N4O2S. The fourth-order valence-electron chi connectivity index (χ4n) is 2.09. The van der Waals surface area contributed by atoms with Gasteiger partial charge in [-0.1, -0.05) is 18.2 Å². The van der Waals surface area contributed by atoms with Crippen molar-refractivity contribution in [2.45, 2.75) is 30.8 Å². The molecule has 0 aliphatic rings. The highest BCUT2D eigenvalue weighted by Gasteiger charge is 2.15. The Hall–Kier alpha value is -1.70. The van der Waals surface area contributed by atoms with Gasteiger partial charge in [-0.15, -0.1) is 0 Å². The van der Waals surface area contributed by atoms with Gasteiger partial charge in [-0.3, -0.25) is 4.68 Å². The monoisotopic (exact) mass is 322 g/mol. The van der Waals surface area contributed by atoms with E-state index in [0.717, 1.165) is 0 Å².